The Bertz CT molecular complexity index is 3450. The van der Waals surface area contributed by atoms with Gasteiger partial charge in [0.2, 0.25) is 0 Å². The fourth-order valence-electron chi connectivity index (χ4n) is 10.6. The van der Waals surface area contributed by atoms with Crippen LogP contribution < -0.4 is 4.90 Å². The summed E-state index contributed by atoms with van der Waals surface area (Å²) < 4.78 is 2.59. The molecule has 0 fully saturated rings. The van der Waals surface area contributed by atoms with Gasteiger partial charge in [-0.3, -0.25) is 0 Å². The summed E-state index contributed by atoms with van der Waals surface area (Å²) in [6.45, 7) is 0. The number of benzene rings is 10. The number of hydrogen-bond acceptors (Lipinski definition) is 2. The molecular formula is C57H35NS. The van der Waals surface area contributed by atoms with Crippen LogP contribution in [0.4, 0.5) is 17.1 Å². The van der Waals surface area contributed by atoms with E-state index in [1.165, 1.54) is 103 Å². The van der Waals surface area contributed by atoms with E-state index < -0.39 is 5.41 Å². The average Bonchev–Trinajstić information content (AvgIpc) is 3.94. The lowest BCUT2D eigenvalue weighted by atomic mass is 9.70. The summed E-state index contributed by atoms with van der Waals surface area (Å²) >= 11 is 1.90. The second-order valence-electron chi connectivity index (χ2n) is 16.0. The van der Waals surface area contributed by atoms with Gasteiger partial charge in [0.05, 0.1) is 15.8 Å². The molecule has 0 unspecified atom stereocenters. The summed E-state index contributed by atoms with van der Waals surface area (Å²) in [6.07, 6.45) is 0. The van der Waals surface area contributed by atoms with Crippen LogP contribution in [0, 0.1) is 0 Å². The molecule has 2 aliphatic carbocycles. The predicted octanol–water partition coefficient (Wildman–Crippen LogP) is 15.8. The molecular weight excluding hydrogens is 731 g/mol. The number of fused-ring (bicyclic) bond motifs is 16. The highest BCUT2D eigenvalue weighted by molar-refractivity contribution is 7.26. The Kier molecular flexibility index (Phi) is 6.87. The van der Waals surface area contributed by atoms with Crippen molar-refractivity contribution in [3.8, 4) is 33.4 Å². The van der Waals surface area contributed by atoms with Gasteiger partial charge in [-0.15, -0.1) is 11.3 Å². The Morgan fingerprint density at radius 2 is 0.915 bits per heavy atom. The van der Waals surface area contributed by atoms with E-state index >= 15 is 0 Å². The average molecular weight is 766 g/mol. The predicted molar refractivity (Wildman–Crippen MR) is 251 cm³/mol. The van der Waals surface area contributed by atoms with Gasteiger partial charge in [-0.05, 0) is 120 Å². The van der Waals surface area contributed by atoms with E-state index in [0.29, 0.717) is 0 Å². The Morgan fingerprint density at radius 1 is 0.356 bits per heavy atom. The summed E-state index contributed by atoms with van der Waals surface area (Å²) in [7, 11) is 0. The van der Waals surface area contributed by atoms with Gasteiger partial charge in [0.15, 0.2) is 0 Å². The zero-order valence-corrected chi connectivity index (χ0v) is 32.9. The van der Waals surface area contributed by atoms with Crippen LogP contribution in [-0.4, -0.2) is 0 Å². The summed E-state index contributed by atoms with van der Waals surface area (Å²) in [4.78, 5) is 2.51. The van der Waals surface area contributed by atoms with Crippen LogP contribution in [0.25, 0.3) is 75.1 Å². The molecule has 10 aromatic carbocycles. The Hall–Kier alpha value is -7.26. The topological polar surface area (TPSA) is 3.24 Å². The quantitative estimate of drug-likeness (QED) is 0.172. The molecule has 2 aliphatic rings. The molecule has 2 heteroatoms. The van der Waals surface area contributed by atoms with E-state index in [2.05, 4.69) is 217 Å². The number of rotatable bonds is 4. The number of anilines is 3. The second kappa shape index (κ2) is 12.4. The first-order valence-electron chi connectivity index (χ1n) is 20.4. The fourth-order valence-corrected chi connectivity index (χ4v) is 11.8. The van der Waals surface area contributed by atoms with E-state index in [-0.39, 0.29) is 0 Å². The number of hydrogen-bond donors (Lipinski definition) is 0. The molecule has 0 saturated heterocycles. The smallest absolute Gasteiger partial charge is 0.0726 e. The van der Waals surface area contributed by atoms with Gasteiger partial charge in [0.25, 0.3) is 0 Å². The van der Waals surface area contributed by atoms with Crippen molar-refractivity contribution >= 4 is 70.1 Å². The largest absolute Gasteiger partial charge is 0.309 e. The first kappa shape index (κ1) is 32.8. The van der Waals surface area contributed by atoms with Crippen LogP contribution in [0.15, 0.2) is 212 Å². The molecule has 0 amide bonds. The molecule has 59 heavy (non-hydrogen) atoms. The van der Waals surface area contributed by atoms with Crippen LogP contribution in [-0.2, 0) is 5.41 Å². The maximum absolute atomic E-state index is 2.51. The minimum absolute atomic E-state index is 0.427. The molecule has 1 aromatic heterocycles. The third-order valence-corrected chi connectivity index (χ3v) is 14.2. The molecule has 0 aliphatic heterocycles. The lowest BCUT2D eigenvalue weighted by molar-refractivity contribution is 0.793. The summed E-state index contributed by atoms with van der Waals surface area (Å²) in [6, 6.07) is 79.3. The van der Waals surface area contributed by atoms with Gasteiger partial charge < -0.3 is 4.90 Å². The van der Waals surface area contributed by atoms with Gasteiger partial charge in [0, 0.05) is 26.8 Å². The molecule has 274 valence electrons. The highest BCUT2D eigenvalue weighted by Crippen LogP contribution is 2.63. The van der Waals surface area contributed by atoms with Crippen LogP contribution >= 0.6 is 11.3 Å². The van der Waals surface area contributed by atoms with E-state index in [1.54, 1.807) is 0 Å². The van der Waals surface area contributed by atoms with Gasteiger partial charge in [-0.25, -0.2) is 0 Å². The van der Waals surface area contributed by atoms with E-state index in [0.717, 1.165) is 11.4 Å². The van der Waals surface area contributed by atoms with E-state index in [1.807, 2.05) is 11.3 Å². The molecule has 0 radical (unpaired) electrons. The van der Waals surface area contributed by atoms with Crippen molar-refractivity contribution in [3.63, 3.8) is 0 Å². The summed E-state index contributed by atoms with van der Waals surface area (Å²) in [5, 5.41) is 7.71. The molecule has 0 bridgehead atoms. The Labute approximate surface area is 346 Å². The fraction of sp³-hybridized carbons (Fsp3) is 0.0175. The third-order valence-electron chi connectivity index (χ3n) is 13.1. The van der Waals surface area contributed by atoms with Crippen molar-refractivity contribution in [2.45, 2.75) is 5.41 Å². The van der Waals surface area contributed by atoms with Crippen molar-refractivity contribution < 1.29 is 0 Å². The summed E-state index contributed by atoms with van der Waals surface area (Å²) in [5.74, 6) is 0. The molecule has 11 aromatic rings. The zero-order chi connectivity index (χ0) is 38.7. The Balaban J connectivity index is 1.06. The molecule has 1 spiro atoms. The lowest BCUT2D eigenvalue weighted by Crippen LogP contribution is -2.26. The van der Waals surface area contributed by atoms with Crippen molar-refractivity contribution in [2.24, 2.45) is 0 Å². The van der Waals surface area contributed by atoms with Crippen molar-refractivity contribution in [1.29, 1.82) is 0 Å². The lowest BCUT2D eigenvalue weighted by Gasteiger charge is -2.32. The highest BCUT2D eigenvalue weighted by Gasteiger charge is 2.51. The normalized spacial score (nSPS) is 13.2. The van der Waals surface area contributed by atoms with Crippen LogP contribution in [0.5, 0.6) is 0 Å². The molecule has 1 heterocycles. The minimum Gasteiger partial charge on any atom is -0.309 e. The van der Waals surface area contributed by atoms with Crippen molar-refractivity contribution in [1.82, 2.24) is 0 Å². The number of nitrogens with zero attached hydrogens (tertiary/aromatic N) is 1. The minimum atomic E-state index is -0.427. The van der Waals surface area contributed by atoms with Gasteiger partial charge >= 0.3 is 0 Å². The summed E-state index contributed by atoms with van der Waals surface area (Å²) in [5.41, 5.74) is 16.1. The Morgan fingerprint density at radius 3 is 1.64 bits per heavy atom. The first-order valence-corrected chi connectivity index (χ1v) is 21.2. The van der Waals surface area contributed by atoms with E-state index in [4.69, 9.17) is 0 Å². The van der Waals surface area contributed by atoms with Crippen LogP contribution in [0.1, 0.15) is 22.3 Å². The van der Waals surface area contributed by atoms with E-state index in [9.17, 15) is 0 Å². The first-order chi connectivity index (χ1) is 29.3. The number of thiophene rings is 1. The second-order valence-corrected chi connectivity index (χ2v) is 17.0. The maximum Gasteiger partial charge on any atom is 0.0726 e. The monoisotopic (exact) mass is 765 g/mol. The highest BCUT2D eigenvalue weighted by atomic mass is 32.1. The van der Waals surface area contributed by atoms with Crippen LogP contribution in [0.3, 0.4) is 0 Å². The molecule has 1 nitrogen and oxygen atoms in total. The van der Waals surface area contributed by atoms with Gasteiger partial charge in [0.1, 0.15) is 0 Å². The molecule has 0 saturated carbocycles. The maximum atomic E-state index is 2.51. The van der Waals surface area contributed by atoms with Gasteiger partial charge in [-0.1, -0.05) is 170 Å². The van der Waals surface area contributed by atoms with Crippen LogP contribution in [0.2, 0.25) is 0 Å². The molecule has 13 rings (SSSR count). The SMILES string of the molecule is c1ccc2c(c1)-c1ccccc1C21c2ccccc2-c2ccc(N(c3ccc(-c4ccc5ccccc5c4)cc3)c3cccc4c3sc3ccc5ccccc5c34)cc21. The molecule has 0 atom stereocenters. The molecule has 0 N–H and O–H groups in total. The van der Waals surface area contributed by atoms with Crippen molar-refractivity contribution in [2.75, 3.05) is 4.90 Å². The van der Waals surface area contributed by atoms with Crippen molar-refractivity contribution in [3.05, 3.63) is 235 Å². The zero-order valence-electron chi connectivity index (χ0n) is 32.1. The third kappa shape index (κ3) is 4.55. The van der Waals surface area contributed by atoms with Gasteiger partial charge in [-0.2, -0.15) is 0 Å². The standard InChI is InChI=1S/C57H35NS/c1-2-14-39-34-40(25-24-36(39)12-1)37-26-29-41(30-27-37)58(53-23-11-19-48-55-43-15-4-3-13-38(43)28-33-54(55)59-56(48)53)42-31-32-47-46-18-7-10-22-51(46)57(52(47)35-42)49-20-8-5-16-44(49)45-17-6-9-21-50(45)57/h1-35H.